The van der Waals surface area contributed by atoms with E-state index in [0.717, 1.165) is 96.3 Å². The van der Waals surface area contributed by atoms with Gasteiger partial charge < -0.3 is 14.2 Å². The monoisotopic (exact) mass is 935 g/mol. The Labute approximate surface area is 414 Å². The summed E-state index contributed by atoms with van der Waals surface area (Å²) < 4.78 is 16.8. The molecule has 0 amide bonds. The van der Waals surface area contributed by atoms with Gasteiger partial charge in [-0.05, 0) is 70.6 Å². The predicted molar refractivity (Wildman–Crippen MR) is 288 cm³/mol. The molecule has 386 valence electrons. The van der Waals surface area contributed by atoms with Crippen molar-refractivity contribution in [3.05, 3.63) is 72.9 Å². The lowest BCUT2D eigenvalue weighted by atomic mass is 10.0. The summed E-state index contributed by atoms with van der Waals surface area (Å²) in [5.41, 5.74) is 0. The highest BCUT2D eigenvalue weighted by atomic mass is 16.6. The molecule has 0 heterocycles. The fraction of sp³-hybridized carbons (Fsp3) is 0.754. The molecule has 0 aromatic carbocycles. The zero-order valence-corrected chi connectivity index (χ0v) is 44.2. The van der Waals surface area contributed by atoms with Gasteiger partial charge in [0.1, 0.15) is 13.2 Å². The lowest BCUT2D eigenvalue weighted by Crippen LogP contribution is -2.30. The molecular weight excluding hydrogens is 829 g/mol. The summed E-state index contributed by atoms with van der Waals surface area (Å²) in [6, 6.07) is 0. The van der Waals surface area contributed by atoms with Crippen LogP contribution in [0.1, 0.15) is 278 Å². The largest absolute Gasteiger partial charge is 0.462 e. The minimum atomic E-state index is -0.770. The summed E-state index contributed by atoms with van der Waals surface area (Å²) >= 11 is 0. The van der Waals surface area contributed by atoms with E-state index in [0.29, 0.717) is 19.3 Å². The molecule has 1 unspecified atom stereocenters. The second-order valence-corrected chi connectivity index (χ2v) is 18.8. The minimum absolute atomic E-state index is 0.0730. The van der Waals surface area contributed by atoms with E-state index in [1.807, 2.05) is 0 Å². The fourth-order valence-electron chi connectivity index (χ4n) is 7.98. The molecule has 0 radical (unpaired) electrons. The number of hydrogen-bond donors (Lipinski definition) is 0. The van der Waals surface area contributed by atoms with Gasteiger partial charge in [-0.15, -0.1) is 0 Å². The van der Waals surface area contributed by atoms with Gasteiger partial charge in [-0.2, -0.15) is 0 Å². The van der Waals surface area contributed by atoms with Crippen LogP contribution in [0.2, 0.25) is 0 Å². The van der Waals surface area contributed by atoms with Gasteiger partial charge in [0.2, 0.25) is 0 Å². The Balaban J connectivity index is 4.11. The molecule has 1 atom stereocenters. The maximum absolute atomic E-state index is 12.8. The first kappa shape index (κ1) is 63.8. The van der Waals surface area contributed by atoms with Gasteiger partial charge in [0.05, 0.1) is 0 Å². The molecule has 67 heavy (non-hydrogen) atoms. The van der Waals surface area contributed by atoms with Crippen molar-refractivity contribution in [1.29, 1.82) is 0 Å². The van der Waals surface area contributed by atoms with Crippen LogP contribution in [0.15, 0.2) is 72.9 Å². The normalized spacial score (nSPS) is 12.6. The molecular formula is C61H106O6. The van der Waals surface area contributed by atoms with Gasteiger partial charge in [-0.1, -0.05) is 261 Å². The number of ether oxygens (including phenoxy) is 3. The number of unbranched alkanes of at least 4 members (excludes halogenated alkanes) is 28. The molecule has 0 N–H and O–H groups in total. The zero-order valence-electron chi connectivity index (χ0n) is 44.2. The Morgan fingerprint density at radius 1 is 0.313 bits per heavy atom. The lowest BCUT2D eigenvalue weighted by molar-refractivity contribution is -0.167. The van der Waals surface area contributed by atoms with E-state index >= 15 is 0 Å². The highest BCUT2D eigenvalue weighted by Crippen LogP contribution is 2.16. The molecule has 6 heteroatoms. The first-order valence-electron chi connectivity index (χ1n) is 28.4. The first-order valence-corrected chi connectivity index (χ1v) is 28.4. The summed E-state index contributed by atoms with van der Waals surface area (Å²) in [5.74, 6) is -0.876. The summed E-state index contributed by atoms with van der Waals surface area (Å²) in [6.45, 7) is 6.49. The molecule has 6 nitrogen and oxygen atoms in total. The van der Waals surface area contributed by atoms with Gasteiger partial charge in [0, 0.05) is 19.3 Å². The van der Waals surface area contributed by atoms with Crippen LogP contribution in [-0.2, 0) is 28.6 Å². The summed E-state index contributed by atoms with van der Waals surface area (Å²) in [4.78, 5) is 37.9. The predicted octanol–water partition coefficient (Wildman–Crippen LogP) is 19.0. The minimum Gasteiger partial charge on any atom is -0.462 e. The molecule has 0 aliphatic carbocycles. The molecule has 0 saturated carbocycles. The SMILES string of the molecule is CC/C=C\C/C=C\C/C=C\C/C=C\C/C=C\C/C=C\CCCCCCCCCCCCC(=O)OCC(COC(=O)CCCCCCCCC)OC(=O)CCCCCCCCCCCCCCC. The Hall–Kier alpha value is -3.15. The van der Waals surface area contributed by atoms with Crippen molar-refractivity contribution in [2.24, 2.45) is 0 Å². The Morgan fingerprint density at radius 2 is 0.582 bits per heavy atom. The van der Waals surface area contributed by atoms with Crippen LogP contribution in [0.3, 0.4) is 0 Å². The van der Waals surface area contributed by atoms with Crippen LogP contribution in [0.5, 0.6) is 0 Å². The van der Waals surface area contributed by atoms with Crippen LogP contribution in [0, 0.1) is 0 Å². The van der Waals surface area contributed by atoms with Crippen molar-refractivity contribution < 1.29 is 28.6 Å². The molecule has 0 spiro atoms. The number of carbonyl (C=O) groups excluding carboxylic acids is 3. The first-order chi connectivity index (χ1) is 33.0. The van der Waals surface area contributed by atoms with E-state index in [-0.39, 0.29) is 31.1 Å². The Bertz CT molecular complexity index is 1260. The van der Waals surface area contributed by atoms with Crippen LogP contribution in [0.4, 0.5) is 0 Å². The third kappa shape index (κ3) is 53.7. The van der Waals surface area contributed by atoms with Crippen molar-refractivity contribution in [1.82, 2.24) is 0 Å². The smallest absolute Gasteiger partial charge is 0.306 e. The zero-order chi connectivity index (χ0) is 48.6. The van der Waals surface area contributed by atoms with E-state index in [1.165, 1.54) is 141 Å². The molecule has 0 aliphatic heterocycles. The quantitative estimate of drug-likeness (QED) is 0.0262. The molecule has 0 aliphatic rings. The van der Waals surface area contributed by atoms with E-state index in [1.54, 1.807) is 0 Å². The van der Waals surface area contributed by atoms with Gasteiger partial charge in [0.15, 0.2) is 6.10 Å². The average molecular weight is 936 g/mol. The Kier molecular flexibility index (Phi) is 52.8. The van der Waals surface area contributed by atoms with E-state index in [9.17, 15) is 14.4 Å². The topological polar surface area (TPSA) is 78.9 Å². The second kappa shape index (κ2) is 55.4. The molecule has 0 aromatic rings. The van der Waals surface area contributed by atoms with Crippen molar-refractivity contribution in [2.45, 2.75) is 284 Å². The molecule has 0 aromatic heterocycles. The number of allylic oxidation sites excluding steroid dienone is 12. The van der Waals surface area contributed by atoms with E-state index in [4.69, 9.17) is 14.2 Å². The second-order valence-electron chi connectivity index (χ2n) is 18.8. The van der Waals surface area contributed by atoms with Gasteiger partial charge in [-0.3, -0.25) is 14.4 Å². The summed E-state index contributed by atoms with van der Waals surface area (Å²) in [5, 5.41) is 0. The summed E-state index contributed by atoms with van der Waals surface area (Å²) in [6.07, 6.45) is 70.6. The molecule has 0 fully saturated rings. The average Bonchev–Trinajstić information content (AvgIpc) is 3.33. The fourth-order valence-corrected chi connectivity index (χ4v) is 7.98. The van der Waals surface area contributed by atoms with Crippen LogP contribution >= 0.6 is 0 Å². The molecule has 0 saturated heterocycles. The number of carbonyl (C=O) groups is 3. The van der Waals surface area contributed by atoms with Crippen molar-refractivity contribution >= 4 is 17.9 Å². The number of hydrogen-bond acceptors (Lipinski definition) is 6. The lowest BCUT2D eigenvalue weighted by Gasteiger charge is -2.18. The maximum Gasteiger partial charge on any atom is 0.306 e. The van der Waals surface area contributed by atoms with Gasteiger partial charge in [-0.25, -0.2) is 0 Å². The van der Waals surface area contributed by atoms with Crippen LogP contribution in [0.25, 0.3) is 0 Å². The van der Waals surface area contributed by atoms with Crippen LogP contribution < -0.4 is 0 Å². The van der Waals surface area contributed by atoms with Crippen molar-refractivity contribution in [3.63, 3.8) is 0 Å². The van der Waals surface area contributed by atoms with Crippen molar-refractivity contribution in [2.75, 3.05) is 13.2 Å². The highest BCUT2D eigenvalue weighted by Gasteiger charge is 2.19. The van der Waals surface area contributed by atoms with E-state index < -0.39 is 6.10 Å². The molecule has 0 rings (SSSR count). The van der Waals surface area contributed by atoms with Crippen LogP contribution in [-0.4, -0.2) is 37.2 Å². The summed E-state index contributed by atoms with van der Waals surface area (Å²) in [7, 11) is 0. The standard InChI is InChI=1S/C61H106O6/c1-4-7-10-13-16-18-20-22-23-24-25-26-27-28-29-30-31-32-33-34-35-36-37-39-40-42-45-48-51-54-60(63)66-57-58(56-65-59(62)53-50-47-44-15-12-9-6-3)67-61(64)55-52-49-46-43-41-38-21-19-17-14-11-8-5-2/h7,10,16,18,22-23,25-26,28-29,31-32,58H,4-6,8-9,11-15,17,19-21,24,27,30,33-57H2,1-3H3/b10-7-,18-16-,23-22-,26-25-,29-28-,32-31-. The highest BCUT2D eigenvalue weighted by molar-refractivity contribution is 5.71. The maximum atomic E-state index is 12.8. The molecule has 0 bridgehead atoms. The third-order valence-electron chi connectivity index (χ3n) is 12.2. The van der Waals surface area contributed by atoms with Gasteiger partial charge >= 0.3 is 17.9 Å². The number of rotatable bonds is 51. The third-order valence-corrected chi connectivity index (χ3v) is 12.2. The van der Waals surface area contributed by atoms with E-state index in [2.05, 4.69) is 93.7 Å². The number of esters is 3. The van der Waals surface area contributed by atoms with Gasteiger partial charge in [0.25, 0.3) is 0 Å². The van der Waals surface area contributed by atoms with Crippen molar-refractivity contribution in [3.8, 4) is 0 Å². The Morgan fingerprint density at radius 3 is 0.910 bits per heavy atom.